The molecule has 82 valence electrons. The largest absolute Gasteiger partial charge is 0.381 e. The number of anilines is 1. The highest BCUT2D eigenvalue weighted by molar-refractivity contribution is 5.46. The van der Waals surface area contributed by atoms with Crippen LogP contribution in [0.15, 0.2) is 24.3 Å². The zero-order chi connectivity index (χ0) is 10.7. The molecular weight excluding hydrogens is 184 g/mol. The van der Waals surface area contributed by atoms with Crippen LogP contribution in [0.1, 0.15) is 31.2 Å². The summed E-state index contributed by atoms with van der Waals surface area (Å²) in [6.45, 7) is 2.12. The molecule has 2 nitrogen and oxygen atoms in total. The van der Waals surface area contributed by atoms with E-state index in [4.69, 9.17) is 5.73 Å². The van der Waals surface area contributed by atoms with Crippen molar-refractivity contribution in [2.45, 2.75) is 44.7 Å². The molecule has 0 radical (unpaired) electrons. The van der Waals surface area contributed by atoms with Gasteiger partial charge in [0.05, 0.1) is 0 Å². The van der Waals surface area contributed by atoms with Crippen LogP contribution in [0.4, 0.5) is 5.69 Å². The third-order valence-corrected chi connectivity index (χ3v) is 3.19. The Morgan fingerprint density at radius 2 is 2.07 bits per heavy atom. The first-order chi connectivity index (χ1) is 7.25. The van der Waals surface area contributed by atoms with Gasteiger partial charge in [0.25, 0.3) is 0 Å². The summed E-state index contributed by atoms with van der Waals surface area (Å²) < 4.78 is 0. The van der Waals surface area contributed by atoms with E-state index in [2.05, 4.69) is 36.5 Å². The molecule has 0 saturated heterocycles. The molecule has 1 aliphatic carbocycles. The molecule has 1 aliphatic rings. The van der Waals surface area contributed by atoms with E-state index in [0.717, 1.165) is 6.42 Å². The van der Waals surface area contributed by atoms with E-state index in [1.165, 1.54) is 30.5 Å². The van der Waals surface area contributed by atoms with Gasteiger partial charge in [-0.15, -0.1) is 0 Å². The van der Waals surface area contributed by atoms with E-state index in [1.54, 1.807) is 0 Å². The maximum absolute atomic E-state index is 6.10. The van der Waals surface area contributed by atoms with Crippen molar-refractivity contribution in [1.29, 1.82) is 0 Å². The highest BCUT2D eigenvalue weighted by Crippen LogP contribution is 2.21. The number of hydrogen-bond donors (Lipinski definition) is 2. The Labute approximate surface area is 91.9 Å². The van der Waals surface area contributed by atoms with Crippen LogP contribution in [0, 0.1) is 6.92 Å². The normalized spacial score (nSPS) is 26.3. The van der Waals surface area contributed by atoms with E-state index in [0.29, 0.717) is 12.1 Å². The van der Waals surface area contributed by atoms with Crippen molar-refractivity contribution in [2.75, 3.05) is 5.32 Å². The van der Waals surface area contributed by atoms with Crippen LogP contribution in [-0.2, 0) is 0 Å². The summed E-state index contributed by atoms with van der Waals surface area (Å²) >= 11 is 0. The van der Waals surface area contributed by atoms with Gasteiger partial charge in [0.2, 0.25) is 0 Å². The molecule has 0 amide bonds. The second-order valence-corrected chi connectivity index (χ2v) is 4.57. The second kappa shape index (κ2) is 4.67. The molecule has 1 aromatic rings. The Bertz CT molecular complexity index is 322. The van der Waals surface area contributed by atoms with Gasteiger partial charge in [-0.2, -0.15) is 0 Å². The lowest BCUT2D eigenvalue weighted by Crippen LogP contribution is -2.42. The fourth-order valence-electron chi connectivity index (χ4n) is 2.29. The Balaban J connectivity index is 2.01. The van der Waals surface area contributed by atoms with Gasteiger partial charge >= 0.3 is 0 Å². The molecule has 2 heteroatoms. The van der Waals surface area contributed by atoms with Crippen molar-refractivity contribution < 1.29 is 0 Å². The summed E-state index contributed by atoms with van der Waals surface area (Å²) in [7, 11) is 0. The molecule has 0 aromatic heterocycles. The lowest BCUT2D eigenvalue weighted by molar-refractivity contribution is 0.404. The van der Waals surface area contributed by atoms with Gasteiger partial charge in [-0.3, -0.25) is 0 Å². The highest BCUT2D eigenvalue weighted by Gasteiger charge is 2.21. The number of hydrogen-bond acceptors (Lipinski definition) is 2. The minimum Gasteiger partial charge on any atom is -0.381 e. The smallest absolute Gasteiger partial charge is 0.0412 e. The Morgan fingerprint density at radius 3 is 2.80 bits per heavy atom. The van der Waals surface area contributed by atoms with Crippen molar-refractivity contribution >= 4 is 5.69 Å². The molecule has 1 aromatic carbocycles. The molecule has 2 atom stereocenters. The van der Waals surface area contributed by atoms with Crippen LogP contribution >= 0.6 is 0 Å². The Kier molecular flexibility index (Phi) is 3.27. The van der Waals surface area contributed by atoms with E-state index < -0.39 is 0 Å². The van der Waals surface area contributed by atoms with E-state index in [9.17, 15) is 0 Å². The maximum atomic E-state index is 6.10. The van der Waals surface area contributed by atoms with Crippen LogP contribution in [0.25, 0.3) is 0 Å². The standard InChI is InChI=1S/C13H20N2/c1-10-5-4-6-11(9-10)15-13-8-3-2-7-12(13)14/h4-6,9,12-13,15H,2-3,7-8,14H2,1H3/t12-,13+/m0/s1. The second-order valence-electron chi connectivity index (χ2n) is 4.57. The zero-order valence-electron chi connectivity index (χ0n) is 9.37. The van der Waals surface area contributed by atoms with Gasteiger partial charge in [-0.05, 0) is 37.5 Å². The summed E-state index contributed by atoms with van der Waals surface area (Å²) in [5.41, 5.74) is 8.60. The number of rotatable bonds is 2. The quantitative estimate of drug-likeness (QED) is 0.777. The Morgan fingerprint density at radius 1 is 1.27 bits per heavy atom. The minimum absolute atomic E-state index is 0.319. The summed E-state index contributed by atoms with van der Waals surface area (Å²) in [5.74, 6) is 0. The van der Waals surface area contributed by atoms with Crippen molar-refractivity contribution in [3.8, 4) is 0 Å². The van der Waals surface area contributed by atoms with E-state index in [1.807, 2.05) is 0 Å². The van der Waals surface area contributed by atoms with Crippen LogP contribution in [0.5, 0.6) is 0 Å². The highest BCUT2D eigenvalue weighted by atomic mass is 15.0. The maximum Gasteiger partial charge on any atom is 0.0412 e. The van der Waals surface area contributed by atoms with Crippen LogP contribution < -0.4 is 11.1 Å². The molecule has 3 N–H and O–H groups in total. The SMILES string of the molecule is Cc1cccc(N[C@@H]2CCCC[C@@H]2N)c1. The average Bonchev–Trinajstić information content (AvgIpc) is 2.22. The molecule has 1 saturated carbocycles. The third-order valence-electron chi connectivity index (χ3n) is 3.19. The van der Waals surface area contributed by atoms with Gasteiger partial charge in [0, 0.05) is 17.8 Å². The van der Waals surface area contributed by atoms with Gasteiger partial charge < -0.3 is 11.1 Å². The fraction of sp³-hybridized carbons (Fsp3) is 0.538. The summed E-state index contributed by atoms with van der Waals surface area (Å²) in [5, 5.41) is 3.55. The van der Waals surface area contributed by atoms with Crippen LogP contribution in [0.2, 0.25) is 0 Å². The third kappa shape index (κ3) is 2.72. The molecular formula is C13H20N2. The molecule has 15 heavy (non-hydrogen) atoms. The topological polar surface area (TPSA) is 38.0 Å². The van der Waals surface area contributed by atoms with Crippen LogP contribution in [0.3, 0.4) is 0 Å². The predicted octanol–water partition coefficient (Wildman–Crippen LogP) is 2.68. The monoisotopic (exact) mass is 204 g/mol. The molecule has 0 heterocycles. The molecule has 0 bridgehead atoms. The molecule has 0 spiro atoms. The van der Waals surface area contributed by atoms with Crippen molar-refractivity contribution in [3.63, 3.8) is 0 Å². The number of nitrogens with two attached hydrogens (primary N) is 1. The predicted molar refractivity (Wildman–Crippen MR) is 65.0 cm³/mol. The zero-order valence-corrected chi connectivity index (χ0v) is 9.37. The average molecular weight is 204 g/mol. The summed E-state index contributed by atoms with van der Waals surface area (Å²) in [6, 6.07) is 9.29. The lowest BCUT2D eigenvalue weighted by atomic mass is 9.91. The molecule has 1 fully saturated rings. The fourth-order valence-corrected chi connectivity index (χ4v) is 2.29. The number of aryl methyl sites for hydroxylation is 1. The van der Waals surface area contributed by atoms with Crippen molar-refractivity contribution in [2.24, 2.45) is 5.73 Å². The Hall–Kier alpha value is -1.02. The molecule has 0 aliphatic heterocycles. The van der Waals surface area contributed by atoms with Crippen molar-refractivity contribution in [1.82, 2.24) is 0 Å². The lowest BCUT2D eigenvalue weighted by Gasteiger charge is -2.30. The summed E-state index contributed by atoms with van der Waals surface area (Å²) in [4.78, 5) is 0. The van der Waals surface area contributed by atoms with Gasteiger partial charge in [-0.1, -0.05) is 25.0 Å². The minimum atomic E-state index is 0.319. The van der Waals surface area contributed by atoms with E-state index in [-0.39, 0.29) is 0 Å². The van der Waals surface area contributed by atoms with Gasteiger partial charge in [0.15, 0.2) is 0 Å². The summed E-state index contributed by atoms with van der Waals surface area (Å²) in [6.07, 6.45) is 4.95. The van der Waals surface area contributed by atoms with Gasteiger partial charge in [0.1, 0.15) is 0 Å². The first-order valence-electron chi connectivity index (χ1n) is 5.84. The van der Waals surface area contributed by atoms with Crippen LogP contribution in [-0.4, -0.2) is 12.1 Å². The van der Waals surface area contributed by atoms with Crippen molar-refractivity contribution in [3.05, 3.63) is 29.8 Å². The molecule has 0 unspecified atom stereocenters. The first-order valence-corrected chi connectivity index (χ1v) is 5.84. The van der Waals surface area contributed by atoms with Gasteiger partial charge in [-0.25, -0.2) is 0 Å². The molecule has 2 rings (SSSR count). The van der Waals surface area contributed by atoms with E-state index >= 15 is 0 Å². The number of benzene rings is 1. The number of nitrogens with one attached hydrogen (secondary N) is 1. The first kappa shape index (κ1) is 10.5.